The van der Waals surface area contributed by atoms with Gasteiger partial charge >= 0.3 is 0 Å². The molecule has 0 aliphatic rings. The van der Waals surface area contributed by atoms with Crippen molar-refractivity contribution in [2.75, 3.05) is 94.5 Å². The molecule has 0 unspecified atom stereocenters. The molecule has 0 aromatic heterocycles. The highest BCUT2D eigenvalue weighted by molar-refractivity contribution is 5.49. The van der Waals surface area contributed by atoms with E-state index < -0.39 is 5.60 Å². The molecule has 0 aliphatic carbocycles. The van der Waals surface area contributed by atoms with Crippen molar-refractivity contribution in [3.05, 3.63) is 95.6 Å². The van der Waals surface area contributed by atoms with E-state index in [1.165, 1.54) is 0 Å². The first-order chi connectivity index (χ1) is 21.2. The van der Waals surface area contributed by atoms with Crippen LogP contribution >= 0.6 is 0 Å². The second-order valence-electron chi connectivity index (χ2n) is 9.59. The van der Waals surface area contributed by atoms with Crippen molar-refractivity contribution >= 4 is 0 Å². The summed E-state index contributed by atoms with van der Waals surface area (Å²) >= 11 is 0. The van der Waals surface area contributed by atoms with Crippen molar-refractivity contribution in [1.82, 2.24) is 0 Å². The first-order valence-electron chi connectivity index (χ1n) is 14.5. The summed E-state index contributed by atoms with van der Waals surface area (Å²) in [6.45, 7) is 4.59. The molecule has 43 heavy (non-hydrogen) atoms. The molecule has 3 aromatic carbocycles. The maximum absolute atomic E-state index is 6.94. The molecule has 3 rings (SSSR count). The molecular formula is C34H46O9. The third-order valence-corrected chi connectivity index (χ3v) is 6.77. The van der Waals surface area contributed by atoms with E-state index in [2.05, 4.69) is 12.1 Å². The smallest absolute Gasteiger partial charge is 0.143 e. The summed E-state index contributed by atoms with van der Waals surface area (Å²) in [5.41, 5.74) is 1.95. The Labute approximate surface area is 255 Å². The lowest BCUT2D eigenvalue weighted by atomic mass is 9.80. The zero-order chi connectivity index (χ0) is 30.6. The van der Waals surface area contributed by atoms with Gasteiger partial charge in [-0.3, -0.25) is 0 Å². The van der Waals surface area contributed by atoms with Crippen LogP contribution in [0.1, 0.15) is 16.7 Å². The Morgan fingerprint density at radius 2 is 0.953 bits per heavy atom. The highest BCUT2D eigenvalue weighted by atomic mass is 16.6. The Kier molecular flexibility index (Phi) is 16.1. The molecule has 1 atom stereocenters. The second kappa shape index (κ2) is 20.0. The van der Waals surface area contributed by atoms with Gasteiger partial charge in [-0.05, 0) is 41.0 Å². The maximum Gasteiger partial charge on any atom is 0.143 e. The first-order valence-corrected chi connectivity index (χ1v) is 14.5. The van der Waals surface area contributed by atoms with Crippen LogP contribution in [-0.2, 0) is 38.8 Å². The molecular weight excluding hydrogens is 552 g/mol. The van der Waals surface area contributed by atoms with Gasteiger partial charge in [0.05, 0.1) is 80.3 Å². The zero-order valence-corrected chi connectivity index (χ0v) is 25.8. The molecule has 9 nitrogen and oxygen atoms in total. The molecule has 0 heterocycles. The van der Waals surface area contributed by atoms with E-state index in [-0.39, 0.29) is 12.7 Å². The van der Waals surface area contributed by atoms with Crippen LogP contribution < -0.4 is 9.47 Å². The number of hydrogen-bond acceptors (Lipinski definition) is 9. The van der Waals surface area contributed by atoms with Crippen molar-refractivity contribution in [3.63, 3.8) is 0 Å². The summed E-state index contributed by atoms with van der Waals surface area (Å²) in [5.74, 6) is 1.53. The maximum atomic E-state index is 6.94. The molecule has 0 N–H and O–H groups in total. The van der Waals surface area contributed by atoms with Crippen LogP contribution in [0.2, 0.25) is 0 Å². The molecule has 0 fully saturated rings. The lowest BCUT2D eigenvalue weighted by molar-refractivity contribution is -0.0964. The van der Waals surface area contributed by atoms with E-state index in [1.807, 2.05) is 66.7 Å². The zero-order valence-electron chi connectivity index (χ0n) is 25.8. The van der Waals surface area contributed by atoms with Gasteiger partial charge in [-0.1, -0.05) is 54.6 Å². The summed E-state index contributed by atoms with van der Waals surface area (Å²) in [6, 6.07) is 26.1. The summed E-state index contributed by atoms with van der Waals surface area (Å²) < 4.78 is 51.0. The van der Waals surface area contributed by atoms with Crippen molar-refractivity contribution in [3.8, 4) is 11.5 Å². The lowest BCUT2D eigenvalue weighted by Gasteiger charge is -2.37. The predicted molar refractivity (Wildman–Crippen MR) is 164 cm³/mol. The minimum absolute atomic E-state index is 0.271. The second-order valence-corrected chi connectivity index (χ2v) is 9.59. The van der Waals surface area contributed by atoms with Crippen molar-refractivity contribution in [2.24, 2.45) is 0 Å². The largest absolute Gasteiger partial charge is 0.497 e. The Morgan fingerprint density at radius 3 is 1.42 bits per heavy atom. The van der Waals surface area contributed by atoms with Crippen molar-refractivity contribution in [2.45, 2.75) is 11.7 Å². The quantitative estimate of drug-likeness (QED) is 0.114. The van der Waals surface area contributed by atoms with E-state index in [0.717, 1.165) is 28.2 Å². The van der Waals surface area contributed by atoms with Gasteiger partial charge in [0.2, 0.25) is 0 Å². The molecule has 0 amide bonds. The standard InChI is InChI=1S/C34H46O9/c1-35-18-19-39-20-21-40-22-23-41-24-25-42-33(26-36-2)27-43-34(28-8-6-5-7-9-28,29-10-14-31(37-3)15-11-29)30-12-16-32(38-4)17-13-30/h5-17,33H,18-27H2,1-4H3/t33-/m0/s1. The van der Waals surface area contributed by atoms with Crippen LogP contribution in [0.5, 0.6) is 11.5 Å². The molecule has 0 bridgehead atoms. The van der Waals surface area contributed by atoms with E-state index >= 15 is 0 Å². The number of rotatable bonds is 23. The topological polar surface area (TPSA) is 83.1 Å². The van der Waals surface area contributed by atoms with Gasteiger partial charge in [0.25, 0.3) is 0 Å². The first kappa shape index (κ1) is 34.5. The predicted octanol–water partition coefficient (Wildman–Crippen LogP) is 4.74. The Balaban J connectivity index is 1.68. The number of benzene rings is 3. The summed E-state index contributed by atoms with van der Waals surface area (Å²) in [4.78, 5) is 0. The molecule has 236 valence electrons. The Morgan fingerprint density at radius 1 is 0.488 bits per heavy atom. The van der Waals surface area contributed by atoms with Crippen LogP contribution in [0.15, 0.2) is 78.9 Å². The van der Waals surface area contributed by atoms with Gasteiger partial charge in [-0.2, -0.15) is 0 Å². The van der Waals surface area contributed by atoms with Gasteiger partial charge in [-0.25, -0.2) is 0 Å². The van der Waals surface area contributed by atoms with Crippen LogP contribution in [0, 0.1) is 0 Å². The Bertz CT molecular complexity index is 1060. The van der Waals surface area contributed by atoms with E-state index in [9.17, 15) is 0 Å². The summed E-state index contributed by atoms with van der Waals surface area (Å²) in [6.07, 6.45) is -0.325. The number of ether oxygens (including phenoxy) is 9. The fourth-order valence-corrected chi connectivity index (χ4v) is 4.58. The molecule has 3 aromatic rings. The van der Waals surface area contributed by atoms with Gasteiger partial charge in [-0.15, -0.1) is 0 Å². The fraction of sp³-hybridized carbons (Fsp3) is 0.471. The van der Waals surface area contributed by atoms with E-state index in [1.54, 1.807) is 28.4 Å². The Hall–Kier alpha value is -3.02. The fourth-order valence-electron chi connectivity index (χ4n) is 4.58. The minimum atomic E-state index is -0.934. The molecule has 0 saturated carbocycles. The van der Waals surface area contributed by atoms with Gasteiger partial charge in [0.1, 0.15) is 23.2 Å². The summed E-state index contributed by atoms with van der Waals surface area (Å²) in [7, 11) is 6.61. The van der Waals surface area contributed by atoms with Gasteiger partial charge < -0.3 is 42.6 Å². The van der Waals surface area contributed by atoms with E-state index in [4.69, 9.17) is 42.6 Å². The van der Waals surface area contributed by atoms with Crippen LogP contribution in [0.4, 0.5) is 0 Å². The highest BCUT2D eigenvalue weighted by Gasteiger charge is 2.38. The third kappa shape index (κ3) is 10.9. The van der Waals surface area contributed by atoms with Crippen molar-refractivity contribution < 1.29 is 42.6 Å². The molecule has 0 aliphatic heterocycles. The molecule has 0 saturated heterocycles. The summed E-state index contributed by atoms with van der Waals surface area (Å²) in [5, 5.41) is 0. The van der Waals surface area contributed by atoms with Gasteiger partial charge in [0.15, 0.2) is 0 Å². The van der Waals surface area contributed by atoms with Crippen LogP contribution in [-0.4, -0.2) is 101 Å². The molecule has 0 spiro atoms. The van der Waals surface area contributed by atoms with Crippen LogP contribution in [0.25, 0.3) is 0 Å². The average molecular weight is 599 g/mol. The highest BCUT2D eigenvalue weighted by Crippen LogP contribution is 2.41. The number of hydrogen-bond donors (Lipinski definition) is 0. The van der Waals surface area contributed by atoms with Crippen molar-refractivity contribution in [1.29, 1.82) is 0 Å². The number of methoxy groups -OCH3 is 4. The third-order valence-electron chi connectivity index (χ3n) is 6.77. The minimum Gasteiger partial charge on any atom is -0.497 e. The SMILES string of the molecule is COCCOCCOCCOCCO[C@@H](COC)COC(c1ccccc1)(c1ccc(OC)cc1)c1ccc(OC)cc1. The normalized spacial score (nSPS) is 12.3. The monoisotopic (exact) mass is 598 g/mol. The molecule has 0 radical (unpaired) electrons. The van der Waals surface area contributed by atoms with Gasteiger partial charge in [0, 0.05) is 14.2 Å². The van der Waals surface area contributed by atoms with Crippen LogP contribution in [0.3, 0.4) is 0 Å². The van der Waals surface area contributed by atoms with E-state index in [0.29, 0.717) is 59.5 Å². The lowest BCUT2D eigenvalue weighted by Crippen LogP contribution is -2.37. The average Bonchev–Trinajstić information content (AvgIpc) is 3.06. The molecule has 9 heteroatoms.